The first-order valence-corrected chi connectivity index (χ1v) is 7.52. The second-order valence-corrected chi connectivity index (χ2v) is 5.79. The van der Waals surface area contributed by atoms with Gasteiger partial charge < -0.3 is 19.9 Å². The molecule has 1 aromatic rings. The summed E-state index contributed by atoms with van der Waals surface area (Å²) in [6.07, 6.45) is 0.403. The number of carboxylic acid groups (broad SMARTS) is 1. The van der Waals surface area contributed by atoms with Crippen LogP contribution in [0.4, 0.5) is 0 Å². The summed E-state index contributed by atoms with van der Waals surface area (Å²) in [5, 5.41) is 11.9. The number of hydrogen-bond acceptors (Lipinski definition) is 4. The molecule has 0 aliphatic heterocycles. The van der Waals surface area contributed by atoms with Crippen LogP contribution in [0.25, 0.3) is 0 Å². The molecule has 0 fully saturated rings. The summed E-state index contributed by atoms with van der Waals surface area (Å²) >= 11 is 0. The van der Waals surface area contributed by atoms with Gasteiger partial charge in [0.15, 0.2) is 0 Å². The minimum atomic E-state index is -0.984. The lowest BCUT2D eigenvalue weighted by Crippen LogP contribution is -2.52. The normalized spacial score (nSPS) is 14.6. The van der Waals surface area contributed by atoms with Crippen molar-refractivity contribution in [1.29, 1.82) is 0 Å². The molecular weight excluding hydrogens is 298 g/mol. The lowest BCUT2D eigenvalue weighted by atomic mass is 9.92. The topological polar surface area (TPSA) is 84.9 Å². The Balaban J connectivity index is 2.91. The fourth-order valence-corrected chi connectivity index (χ4v) is 2.58. The van der Waals surface area contributed by atoms with Crippen LogP contribution in [0.3, 0.4) is 0 Å². The van der Waals surface area contributed by atoms with E-state index < -0.39 is 11.5 Å². The van der Waals surface area contributed by atoms with Crippen molar-refractivity contribution in [2.45, 2.75) is 38.1 Å². The summed E-state index contributed by atoms with van der Waals surface area (Å²) in [5.41, 5.74) is -0.0849. The van der Waals surface area contributed by atoms with E-state index in [0.717, 1.165) is 11.3 Å². The van der Waals surface area contributed by atoms with Gasteiger partial charge in [0.05, 0.1) is 31.6 Å². The summed E-state index contributed by atoms with van der Waals surface area (Å²) < 4.78 is 10.2. The molecule has 0 bridgehead atoms. The van der Waals surface area contributed by atoms with Crippen molar-refractivity contribution in [3.05, 3.63) is 29.8 Å². The lowest BCUT2D eigenvalue weighted by Gasteiger charge is -2.30. The van der Waals surface area contributed by atoms with E-state index in [1.807, 2.05) is 19.1 Å². The summed E-state index contributed by atoms with van der Waals surface area (Å²) in [4.78, 5) is 23.6. The van der Waals surface area contributed by atoms with Gasteiger partial charge in [0.25, 0.3) is 0 Å². The molecule has 2 N–H and O–H groups in total. The summed E-state index contributed by atoms with van der Waals surface area (Å²) in [5.74, 6) is -0.828. The lowest BCUT2D eigenvalue weighted by molar-refractivity contribution is -0.139. The van der Waals surface area contributed by atoms with Gasteiger partial charge in [0, 0.05) is 7.11 Å². The van der Waals surface area contributed by atoms with Crippen molar-refractivity contribution in [3.8, 4) is 5.75 Å². The predicted molar refractivity (Wildman–Crippen MR) is 86.7 cm³/mol. The van der Waals surface area contributed by atoms with E-state index in [0.29, 0.717) is 6.42 Å². The van der Waals surface area contributed by atoms with E-state index in [1.54, 1.807) is 26.2 Å². The number of aliphatic carboxylic acids is 1. The highest BCUT2D eigenvalue weighted by molar-refractivity contribution is 5.85. The number of methoxy groups -OCH3 is 2. The third-order valence-corrected chi connectivity index (χ3v) is 3.67. The molecule has 6 nitrogen and oxygen atoms in total. The van der Waals surface area contributed by atoms with E-state index in [1.165, 1.54) is 7.11 Å². The highest BCUT2D eigenvalue weighted by Crippen LogP contribution is 2.24. The average Bonchev–Trinajstić information content (AvgIpc) is 2.47. The summed E-state index contributed by atoms with van der Waals surface area (Å²) in [7, 11) is 3.06. The monoisotopic (exact) mass is 323 g/mol. The van der Waals surface area contributed by atoms with Gasteiger partial charge in [-0.1, -0.05) is 19.1 Å². The molecule has 0 heterocycles. The van der Waals surface area contributed by atoms with E-state index in [9.17, 15) is 9.59 Å². The van der Waals surface area contributed by atoms with E-state index in [2.05, 4.69) is 5.32 Å². The highest BCUT2D eigenvalue weighted by Gasteiger charge is 2.32. The maximum atomic E-state index is 12.6. The zero-order valence-electron chi connectivity index (χ0n) is 14.1. The second kappa shape index (κ2) is 8.53. The zero-order chi connectivity index (χ0) is 17.5. The van der Waals surface area contributed by atoms with Crippen LogP contribution in [0.15, 0.2) is 24.3 Å². The second-order valence-electron chi connectivity index (χ2n) is 5.79. The van der Waals surface area contributed by atoms with Crippen molar-refractivity contribution >= 4 is 11.9 Å². The Morgan fingerprint density at radius 3 is 2.30 bits per heavy atom. The standard InChI is InChI=1S/C17H25NO5/c1-5-14(12-6-8-13(23-4)9-7-12)16(21)18-17(2,11-22-3)10-15(19)20/h6-9,14H,5,10-11H2,1-4H3,(H,18,21)(H,19,20). The molecule has 0 aliphatic rings. The number of carboxylic acids is 1. The molecular formula is C17H25NO5. The van der Waals surface area contributed by atoms with Gasteiger partial charge >= 0.3 is 5.97 Å². The van der Waals surface area contributed by atoms with E-state index in [-0.39, 0.29) is 24.9 Å². The van der Waals surface area contributed by atoms with Crippen molar-refractivity contribution in [2.75, 3.05) is 20.8 Å². The maximum Gasteiger partial charge on any atom is 0.305 e. The van der Waals surface area contributed by atoms with Crippen molar-refractivity contribution in [2.24, 2.45) is 0 Å². The third-order valence-electron chi connectivity index (χ3n) is 3.67. The van der Waals surface area contributed by atoms with Gasteiger partial charge in [0.2, 0.25) is 5.91 Å². The minimum absolute atomic E-state index is 0.129. The van der Waals surface area contributed by atoms with E-state index in [4.69, 9.17) is 14.6 Å². The fraction of sp³-hybridized carbons (Fsp3) is 0.529. The van der Waals surface area contributed by atoms with Gasteiger partial charge in [-0.25, -0.2) is 0 Å². The highest BCUT2D eigenvalue weighted by atomic mass is 16.5. The van der Waals surface area contributed by atoms with Crippen LogP contribution in [0.5, 0.6) is 5.75 Å². The number of carbonyl (C=O) groups is 2. The third kappa shape index (κ3) is 5.56. The molecule has 2 atom stereocenters. The summed E-state index contributed by atoms with van der Waals surface area (Å²) in [6.45, 7) is 3.71. The van der Waals surface area contributed by atoms with Gasteiger partial charge in [-0.05, 0) is 31.0 Å². The van der Waals surface area contributed by atoms with Crippen molar-refractivity contribution in [3.63, 3.8) is 0 Å². The Hall–Kier alpha value is -2.08. The first kappa shape index (κ1) is 19.0. The molecule has 0 radical (unpaired) electrons. The summed E-state index contributed by atoms with van der Waals surface area (Å²) in [6, 6.07) is 7.29. The molecule has 1 aromatic carbocycles. The number of carbonyl (C=O) groups excluding carboxylic acids is 1. The van der Waals surface area contributed by atoms with E-state index >= 15 is 0 Å². The molecule has 0 aromatic heterocycles. The molecule has 0 saturated heterocycles. The van der Waals surface area contributed by atoms with Crippen LogP contribution >= 0.6 is 0 Å². The quantitative estimate of drug-likeness (QED) is 0.727. The Kier molecular flexibility index (Phi) is 7.03. The van der Waals surface area contributed by atoms with Crippen LogP contribution in [-0.4, -0.2) is 43.3 Å². The fourth-order valence-electron chi connectivity index (χ4n) is 2.58. The number of ether oxygens (including phenoxy) is 2. The largest absolute Gasteiger partial charge is 0.497 e. The van der Waals surface area contributed by atoms with Crippen LogP contribution in [0.1, 0.15) is 38.2 Å². The number of benzene rings is 1. The number of rotatable bonds is 9. The first-order chi connectivity index (χ1) is 10.8. The Morgan fingerprint density at radius 1 is 1.26 bits per heavy atom. The van der Waals surface area contributed by atoms with Gasteiger partial charge in [-0.2, -0.15) is 0 Å². The van der Waals surface area contributed by atoms with Crippen LogP contribution < -0.4 is 10.1 Å². The smallest absolute Gasteiger partial charge is 0.305 e. The van der Waals surface area contributed by atoms with Crippen LogP contribution in [0, 0.1) is 0 Å². The predicted octanol–water partition coefficient (Wildman–Crippen LogP) is 2.18. The zero-order valence-corrected chi connectivity index (χ0v) is 14.1. The van der Waals surface area contributed by atoms with Crippen LogP contribution in [0.2, 0.25) is 0 Å². The Morgan fingerprint density at radius 2 is 1.87 bits per heavy atom. The maximum absolute atomic E-state index is 12.6. The van der Waals surface area contributed by atoms with Gasteiger partial charge in [-0.15, -0.1) is 0 Å². The molecule has 0 saturated carbocycles. The average molecular weight is 323 g/mol. The molecule has 23 heavy (non-hydrogen) atoms. The molecule has 2 unspecified atom stereocenters. The minimum Gasteiger partial charge on any atom is -0.497 e. The van der Waals surface area contributed by atoms with Crippen molar-refractivity contribution in [1.82, 2.24) is 5.32 Å². The van der Waals surface area contributed by atoms with Gasteiger partial charge in [-0.3, -0.25) is 9.59 Å². The molecule has 0 aliphatic carbocycles. The van der Waals surface area contributed by atoms with Crippen molar-refractivity contribution < 1.29 is 24.2 Å². The number of nitrogens with one attached hydrogen (secondary N) is 1. The molecule has 0 spiro atoms. The molecule has 1 amide bonds. The molecule has 128 valence electrons. The Labute approximate surface area is 136 Å². The van der Waals surface area contributed by atoms with Crippen LogP contribution in [-0.2, 0) is 14.3 Å². The first-order valence-electron chi connectivity index (χ1n) is 7.52. The van der Waals surface area contributed by atoms with Gasteiger partial charge in [0.1, 0.15) is 5.75 Å². The number of amides is 1. The molecule has 6 heteroatoms. The molecule has 1 rings (SSSR count). The Bertz CT molecular complexity index is 528. The number of hydrogen-bond donors (Lipinski definition) is 2. The SMILES string of the molecule is CCC(C(=O)NC(C)(COC)CC(=O)O)c1ccc(OC)cc1.